The van der Waals surface area contributed by atoms with Crippen LogP contribution in [-0.2, 0) is 9.59 Å². The zero-order valence-corrected chi connectivity index (χ0v) is 11.1. The van der Waals surface area contributed by atoms with Crippen LogP contribution >= 0.6 is 12.6 Å². The second kappa shape index (κ2) is 4.45. The third kappa shape index (κ3) is 1.74. The molecule has 1 N–H and O–H groups in total. The molecule has 1 fully saturated rings. The molecule has 20 heavy (non-hydrogen) atoms. The van der Waals surface area contributed by atoms with Crippen molar-refractivity contribution in [1.29, 1.82) is 0 Å². The summed E-state index contributed by atoms with van der Waals surface area (Å²) in [5, 5.41) is 2.15. The Kier molecular flexibility index (Phi) is 2.86. The van der Waals surface area contributed by atoms with E-state index in [4.69, 9.17) is 0 Å². The molecule has 1 aromatic carbocycles. The van der Waals surface area contributed by atoms with Crippen molar-refractivity contribution in [3.05, 3.63) is 29.3 Å². The fraction of sp³-hybridized carbons (Fsp3) is 0.231. The van der Waals surface area contributed by atoms with Gasteiger partial charge in [0.15, 0.2) is 0 Å². The number of carbonyl (C=O) groups is 4. The monoisotopic (exact) mass is 290 g/mol. The highest BCUT2D eigenvalue weighted by molar-refractivity contribution is 7.80. The van der Waals surface area contributed by atoms with Gasteiger partial charge in [0, 0.05) is 11.3 Å². The summed E-state index contributed by atoms with van der Waals surface area (Å²) >= 11 is 4.17. The van der Waals surface area contributed by atoms with Gasteiger partial charge in [-0.2, -0.15) is 0 Å². The highest BCUT2D eigenvalue weighted by Gasteiger charge is 2.45. The molecule has 2 heterocycles. The van der Waals surface area contributed by atoms with Gasteiger partial charge in [-0.3, -0.25) is 29.4 Å². The molecule has 2 aliphatic heterocycles. The smallest absolute Gasteiger partial charge is 0.263 e. The molecule has 1 atom stereocenters. The molecule has 0 aliphatic carbocycles. The van der Waals surface area contributed by atoms with Crippen molar-refractivity contribution in [1.82, 2.24) is 10.2 Å². The first-order valence-electron chi connectivity index (χ1n) is 6.04. The normalized spacial score (nSPS) is 22.1. The third-order valence-electron chi connectivity index (χ3n) is 3.45. The number of benzene rings is 1. The van der Waals surface area contributed by atoms with E-state index >= 15 is 0 Å². The summed E-state index contributed by atoms with van der Waals surface area (Å²) in [5.41, 5.74) is 0.456. The molecule has 102 valence electrons. The highest BCUT2D eigenvalue weighted by Crippen LogP contribution is 2.31. The first-order valence-corrected chi connectivity index (χ1v) is 6.49. The maximum absolute atomic E-state index is 12.3. The molecule has 0 bridgehead atoms. The summed E-state index contributed by atoms with van der Waals surface area (Å²) in [5.74, 6) is -2.06. The molecule has 1 aromatic rings. The molecule has 7 heteroatoms. The Hall–Kier alpha value is -2.15. The number of amides is 4. The lowest BCUT2D eigenvalue weighted by molar-refractivity contribution is -0.136. The van der Waals surface area contributed by atoms with Crippen molar-refractivity contribution in [2.24, 2.45) is 0 Å². The van der Waals surface area contributed by atoms with Gasteiger partial charge in [0.25, 0.3) is 11.8 Å². The summed E-state index contributed by atoms with van der Waals surface area (Å²) < 4.78 is 0. The third-order valence-corrected chi connectivity index (χ3v) is 3.82. The number of piperidine rings is 1. The van der Waals surface area contributed by atoms with Gasteiger partial charge in [0.1, 0.15) is 6.04 Å². The van der Waals surface area contributed by atoms with Crippen LogP contribution in [-0.4, -0.2) is 34.6 Å². The lowest BCUT2D eigenvalue weighted by Gasteiger charge is -2.27. The zero-order valence-electron chi connectivity index (χ0n) is 10.3. The molecular formula is C13H10N2O4S. The molecular weight excluding hydrogens is 280 g/mol. The minimum atomic E-state index is -0.937. The Labute approximate surface area is 119 Å². The lowest BCUT2D eigenvalue weighted by atomic mass is 10.0. The SMILES string of the molecule is O=C1CCC(N2C(=O)c3cccc(S)c3C2=O)C(=O)N1. The lowest BCUT2D eigenvalue weighted by Crippen LogP contribution is -2.54. The first kappa shape index (κ1) is 12.9. The van der Waals surface area contributed by atoms with Crippen LogP contribution in [0.3, 0.4) is 0 Å². The highest BCUT2D eigenvalue weighted by atomic mass is 32.1. The van der Waals surface area contributed by atoms with Gasteiger partial charge in [-0.15, -0.1) is 12.6 Å². The van der Waals surface area contributed by atoms with Gasteiger partial charge < -0.3 is 0 Å². The number of nitrogens with one attached hydrogen (secondary N) is 1. The second-order valence-electron chi connectivity index (χ2n) is 4.65. The van der Waals surface area contributed by atoms with Crippen molar-refractivity contribution in [3.63, 3.8) is 0 Å². The molecule has 3 rings (SSSR count). The van der Waals surface area contributed by atoms with Gasteiger partial charge >= 0.3 is 0 Å². The van der Waals surface area contributed by atoms with Crippen LogP contribution in [0.25, 0.3) is 0 Å². The first-order chi connectivity index (χ1) is 9.50. The average Bonchev–Trinajstić information content (AvgIpc) is 2.64. The molecule has 0 saturated carbocycles. The Morgan fingerprint density at radius 2 is 1.90 bits per heavy atom. The van der Waals surface area contributed by atoms with E-state index in [1.807, 2.05) is 0 Å². The van der Waals surface area contributed by atoms with E-state index in [-0.39, 0.29) is 24.0 Å². The minimum Gasteiger partial charge on any atom is -0.295 e. The number of hydrogen-bond acceptors (Lipinski definition) is 5. The predicted molar refractivity (Wildman–Crippen MR) is 70.4 cm³/mol. The predicted octanol–water partition coefficient (Wildman–Crippen LogP) is 0.377. The van der Waals surface area contributed by atoms with E-state index < -0.39 is 29.7 Å². The van der Waals surface area contributed by atoms with Crippen LogP contribution in [0.5, 0.6) is 0 Å². The average molecular weight is 290 g/mol. The molecule has 6 nitrogen and oxygen atoms in total. The molecule has 1 saturated heterocycles. The van der Waals surface area contributed by atoms with E-state index in [1.165, 1.54) is 6.07 Å². The number of carbonyl (C=O) groups excluding carboxylic acids is 4. The summed E-state index contributed by atoms with van der Waals surface area (Å²) in [4.78, 5) is 48.9. The van der Waals surface area contributed by atoms with Crippen molar-refractivity contribution in [2.75, 3.05) is 0 Å². The molecule has 1 unspecified atom stereocenters. The Morgan fingerprint density at radius 3 is 2.55 bits per heavy atom. The number of hydrogen-bond donors (Lipinski definition) is 2. The van der Waals surface area contributed by atoms with E-state index in [2.05, 4.69) is 17.9 Å². The van der Waals surface area contributed by atoms with Crippen LogP contribution < -0.4 is 5.32 Å². The van der Waals surface area contributed by atoms with Crippen molar-refractivity contribution >= 4 is 36.3 Å². The fourth-order valence-electron chi connectivity index (χ4n) is 2.50. The van der Waals surface area contributed by atoms with Gasteiger partial charge in [-0.1, -0.05) is 6.07 Å². The fourth-order valence-corrected chi connectivity index (χ4v) is 2.80. The van der Waals surface area contributed by atoms with Gasteiger partial charge in [-0.05, 0) is 18.6 Å². The second-order valence-corrected chi connectivity index (χ2v) is 5.13. The zero-order chi connectivity index (χ0) is 14.4. The largest absolute Gasteiger partial charge is 0.295 e. The molecule has 2 aliphatic rings. The minimum absolute atomic E-state index is 0.109. The van der Waals surface area contributed by atoms with Crippen LogP contribution in [0.2, 0.25) is 0 Å². The maximum Gasteiger partial charge on any atom is 0.263 e. The van der Waals surface area contributed by atoms with Gasteiger partial charge in [0.2, 0.25) is 11.8 Å². The number of fused-ring (bicyclic) bond motifs is 1. The van der Waals surface area contributed by atoms with Crippen LogP contribution in [0.4, 0.5) is 0 Å². The molecule has 0 spiro atoms. The van der Waals surface area contributed by atoms with E-state index in [0.29, 0.717) is 4.90 Å². The molecule has 4 amide bonds. The molecule has 0 aromatic heterocycles. The van der Waals surface area contributed by atoms with E-state index in [0.717, 1.165) is 4.90 Å². The number of rotatable bonds is 1. The standard InChI is InChI=1S/C13H10N2O4S/c16-9-5-4-7(11(17)14-9)15-12(18)6-2-1-3-8(20)10(6)13(15)19/h1-3,7,20H,4-5H2,(H,14,16,17). The maximum atomic E-state index is 12.3. The summed E-state index contributed by atoms with van der Waals surface area (Å²) in [6.07, 6.45) is 0.260. The van der Waals surface area contributed by atoms with Crippen molar-refractivity contribution in [3.8, 4) is 0 Å². The van der Waals surface area contributed by atoms with E-state index in [1.54, 1.807) is 12.1 Å². The Bertz CT molecular complexity index is 670. The van der Waals surface area contributed by atoms with Crippen molar-refractivity contribution in [2.45, 2.75) is 23.8 Å². The van der Waals surface area contributed by atoms with E-state index in [9.17, 15) is 19.2 Å². The quantitative estimate of drug-likeness (QED) is 0.578. The molecule has 0 radical (unpaired) electrons. The number of imide groups is 2. The van der Waals surface area contributed by atoms with Gasteiger partial charge in [0.05, 0.1) is 11.1 Å². The van der Waals surface area contributed by atoms with Crippen LogP contribution in [0.1, 0.15) is 33.6 Å². The summed E-state index contributed by atoms with van der Waals surface area (Å²) in [6.45, 7) is 0. The van der Waals surface area contributed by atoms with Crippen LogP contribution in [0.15, 0.2) is 23.1 Å². The summed E-state index contributed by atoms with van der Waals surface area (Å²) in [6, 6.07) is 3.83. The Balaban J connectivity index is 2.00. The van der Waals surface area contributed by atoms with Crippen LogP contribution in [0, 0.1) is 0 Å². The van der Waals surface area contributed by atoms with Crippen molar-refractivity contribution < 1.29 is 19.2 Å². The Morgan fingerprint density at radius 1 is 1.15 bits per heavy atom. The number of nitrogens with zero attached hydrogens (tertiary/aromatic N) is 1. The van der Waals surface area contributed by atoms with Gasteiger partial charge in [-0.25, -0.2) is 0 Å². The topological polar surface area (TPSA) is 83.6 Å². The summed E-state index contributed by atoms with van der Waals surface area (Å²) in [7, 11) is 0. The number of thiol groups is 1.